The van der Waals surface area contributed by atoms with E-state index in [1.807, 2.05) is 12.3 Å². The van der Waals surface area contributed by atoms with Crippen LogP contribution in [-0.4, -0.2) is 20.7 Å². The van der Waals surface area contributed by atoms with Crippen LogP contribution in [0, 0.1) is 6.92 Å². The number of nitrogens with zero attached hydrogens (tertiary/aromatic N) is 3. The average molecular weight is 237 g/mol. The Balaban J connectivity index is 2.21. The van der Waals surface area contributed by atoms with Gasteiger partial charge in [-0.3, -0.25) is 14.8 Å². The molecule has 16 heavy (non-hydrogen) atoms. The summed E-state index contributed by atoms with van der Waals surface area (Å²) in [6.07, 6.45) is 1.45. The van der Waals surface area contributed by atoms with Crippen molar-refractivity contribution in [3.05, 3.63) is 23.0 Å². The summed E-state index contributed by atoms with van der Waals surface area (Å²) in [6.45, 7) is 1.87. The van der Waals surface area contributed by atoms with Gasteiger partial charge in [-0.25, -0.2) is 4.98 Å². The smallest absolute Gasteiger partial charge is 0.277 e. The van der Waals surface area contributed by atoms with Crippen molar-refractivity contribution in [3.8, 4) is 0 Å². The Morgan fingerprint density at radius 1 is 1.62 bits per heavy atom. The van der Waals surface area contributed by atoms with Crippen molar-refractivity contribution in [2.75, 3.05) is 11.1 Å². The van der Waals surface area contributed by atoms with Crippen LogP contribution in [0.4, 0.5) is 10.8 Å². The number of amides is 1. The monoisotopic (exact) mass is 237 g/mol. The Hall–Kier alpha value is -1.89. The molecule has 0 unspecified atom stereocenters. The van der Waals surface area contributed by atoms with Gasteiger partial charge in [-0.05, 0) is 6.92 Å². The number of thiazole rings is 1. The highest BCUT2D eigenvalue weighted by molar-refractivity contribution is 7.13. The number of nitrogens with one attached hydrogen (secondary N) is 1. The molecule has 2 aromatic rings. The zero-order valence-corrected chi connectivity index (χ0v) is 9.71. The molecule has 3 N–H and O–H groups in total. The first-order valence-corrected chi connectivity index (χ1v) is 5.47. The lowest BCUT2D eigenvalue weighted by Gasteiger charge is -2.02. The zero-order chi connectivity index (χ0) is 11.7. The average Bonchev–Trinajstić information content (AvgIpc) is 2.74. The van der Waals surface area contributed by atoms with Gasteiger partial charge >= 0.3 is 0 Å². The molecule has 0 aliphatic carbocycles. The van der Waals surface area contributed by atoms with Gasteiger partial charge in [0.15, 0.2) is 5.13 Å². The number of aryl methyl sites for hydroxylation is 2. The van der Waals surface area contributed by atoms with Crippen molar-refractivity contribution in [2.45, 2.75) is 6.92 Å². The van der Waals surface area contributed by atoms with E-state index in [1.165, 1.54) is 22.2 Å². The summed E-state index contributed by atoms with van der Waals surface area (Å²) >= 11 is 1.37. The summed E-state index contributed by atoms with van der Waals surface area (Å²) in [5.41, 5.74) is 7.21. The van der Waals surface area contributed by atoms with E-state index >= 15 is 0 Å². The first-order chi connectivity index (χ1) is 7.58. The molecular formula is C9H11N5OS. The molecule has 2 rings (SSSR count). The molecule has 0 atom stereocenters. The van der Waals surface area contributed by atoms with Crippen LogP contribution in [-0.2, 0) is 7.05 Å². The number of nitrogen functional groups attached to an aromatic ring is 1. The molecule has 0 radical (unpaired) electrons. The standard InChI is InChI=1S/C9H11N5OS/c1-5-4-16-9(12-5)13-8(15)7-6(10)3-11-14(7)2/h3-4H,10H2,1-2H3,(H,12,13,15). The van der Waals surface area contributed by atoms with Gasteiger partial charge in [-0.2, -0.15) is 5.10 Å². The molecule has 2 heterocycles. The summed E-state index contributed by atoms with van der Waals surface area (Å²) in [6, 6.07) is 0. The fourth-order valence-corrected chi connectivity index (χ4v) is 1.98. The van der Waals surface area contributed by atoms with E-state index in [4.69, 9.17) is 5.73 Å². The lowest BCUT2D eigenvalue weighted by molar-refractivity contribution is 0.101. The molecule has 0 saturated carbocycles. The van der Waals surface area contributed by atoms with Crippen LogP contribution < -0.4 is 11.1 Å². The highest BCUT2D eigenvalue weighted by atomic mass is 32.1. The van der Waals surface area contributed by atoms with Gasteiger partial charge in [0.05, 0.1) is 17.6 Å². The summed E-state index contributed by atoms with van der Waals surface area (Å²) in [5.74, 6) is -0.299. The van der Waals surface area contributed by atoms with Gasteiger partial charge < -0.3 is 5.73 Å². The number of hydrogen-bond donors (Lipinski definition) is 2. The summed E-state index contributed by atoms with van der Waals surface area (Å²) < 4.78 is 1.44. The van der Waals surface area contributed by atoms with Gasteiger partial charge in [0.2, 0.25) is 0 Å². The molecule has 2 aromatic heterocycles. The first-order valence-electron chi connectivity index (χ1n) is 4.59. The van der Waals surface area contributed by atoms with E-state index < -0.39 is 0 Å². The second-order valence-corrected chi connectivity index (χ2v) is 4.18. The lowest BCUT2D eigenvalue weighted by atomic mass is 10.3. The Kier molecular flexibility index (Phi) is 2.61. The van der Waals surface area contributed by atoms with Crippen LogP contribution in [0.5, 0.6) is 0 Å². The highest BCUT2D eigenvalue weighted by Gasteiger charge is 2.15. The van der Waals surface area contributed by atoms with E-state index in [1.54, 1.807) is 7.05 Å². The minimum Gasteiger partial charge on any atom is -0.396 e. The third-order valence-electron chi connectivity index (χ3n) is 2.02. The minimum absolute atomic E-state index is 0.299. The predicted molar refractivity (Wildman–Crippen MR) is 62.4 cm³/mol. The Morgan fingerprint density at radius 3 is 2.88 bits per heavy atom. The van der Waals surface area contributed by atoms with Crippen LogP contribution in [0.25, 0.3) is 0 Å². The quantitative estimate of drug-likeness (QED) is 0.816. The van der Waals surface area contributed by atoms with Gasteiger partial charge in [-0.15, -0.1) is 11.3 Å². The molecule has 0 spiro atoms. The summed E-state index contributed by atoms with van der Waals surface area (Å²) in [7, 11) is 1.67. The SMILES string of the molecule is Cc1csc(NC(=O)c2c(N)cnn2C)n1. The van der Waals surface area contributed by atoms with Crippen LogP contribution in [0.1, 0.15) is 16.2 Å². The summed E-state index contributed by atoms with van der Waals surface area (Å²) in [5, 5.41) is 8.99. The lowest BCUT2D eigenvalue weighted by Crippen LogP contribution is -2.17. The zero-order valence-electron chi connectivity index (χ0n) is 8.89. The molecule has 0 aliphatic rings. The van der Waals surface area contributed by atoms with Gasteiger partial charge in [0.1, 0.15) is 5.69 Å². The molecule has 0 saturated heterocycles. The molecule has 0 fully saturated rings. The maximum atomic E-state index is 11.8. The van der Waals surface area contributed by atoms with Gasteiger partial charge in [-0.1, -0.05) is 0 Å². The van der Waals surface area contributed by atoms with Crippen molar-refractivity contribution in [2.24, 2.45) is 7.05 Å². The topological polar surface area (TPSA) is 85.8 Å². The fourth-order valence-electron chi connectivity index (χ4n) is 1.30. The maximum absolute atomic E-state index is 11.8. The van der Waals surface area contributed by atoms with Gasteiger partial charge in [0, 0.05) is 12.4 Å². The minimum atomic E-state index is -0.299. The van der Waals surface area contributed by atoms with E-state index in [9.17, 15) is 4.79 Å². The number of nitrogens with two attached hydrogens (primary N) is 1. The molecule has 84 valence electrons. The number of anilines is 2. The highest BCUT2D eigenvalue weighted by Crippen LogP contribution is 2.17. The third kappa shape index (κ3) is 1.89. The Bertz CT molecular complexity index is 510. The molecule has 1 amide bonds. The van der Waals surface area contributed by atoms with Crippen molar-refractivity contribution in [3.63, 3.8) is 0 Å². The number of rotatable bonds is 2. The molecule has 0 aromatic carbocycles. The van der Waals surface area contributed by atoms with Crippen molar-refractivity contribution in [1.82, 2.24) is 14.8 Å². The van der Waals surface area contributed by atoms with Crippen molar-refractivity contribution in [1.29, 1.82) is 0 Å². The molecule has 0 bridgehead atoms. The fraction of sp³-hybridized carbons (Fsp3) is 0.222. The van der Waals surface area contributed by atoms with Crippen LogP contribution >= 0.6 is 11.3 Å². The molecule has 6 nitrogen and oxygen atoms in total. The van der Waals surface area contributed by atoms with Crippen molar-refractivity contribution < 1.29 is 4.79 Å². The summed E-state index contributed by atoms with van der Waals surface area (Å²) in [4.78, 5) is 16.0. The first kappa shape index (κ1) is 10.6. The molecule has 0 aliphatic heterocycles. The largest absolute Gasteiger partial charge is 0.396 e. The second kappa shape index (κ2) is 3.93. The number of hydrogen-bond acceptors (Lipinski definition) is 5. The number of aromatic nitrogens is 3. The Morgan fingerprint density at radius 2 is 2.38 bits per heavy atom. The number of carbonyl (C=O) groups excluding carboxylic acids is 1. The van der Waals surface area contributed by atoms with Crippen LogP contribution in [0.2, 0.25) is 0 Å². The van der Waals surface area contributed by atoms with E-state index in [0.717, 1.165) is 5.69 Å². The predicted octanol–water partition coefficient (Wildman–Crippen LogP) is 1.02. The van der Waals surface area contributed by atoms with Crippen LogP contribution in [0.15, 0.2) is 11.6 Å². The normalized spacial score (nSPS) is 10.4. The van der Waals surface area contributed by atoms with E-state index in [0.29, 0.717) is 16.5 Å². The molecule has 7 heteroatoms. The van der Waals surface area contributed by atoms with Crippen molar-refractivity contribution >= 4 is 28.1 Å². The third-order valence-corrected chi connectivity index (χ3v) is 2.90. The number of carbonyl (C=O) groups is 1. The van der Waals surface area contributed by atoms with E-state index in [2.05, 4.69) is 15.4 Å². The van der Waals surface area contributed by atoms with E-state index in [-0.39, 0.29) is 5.91 Å². The Labute approximate surface area is 96.1 Å². The maximum Gasteiger partial charge on any atom is 0.277 e. The molecular weight excluding hydrogens is 226 g/mol. The van der Waals surface area contributed by atoms with Crippen LogP contribution in [0.3, 0.4) is 0 Å². The van der Waals surface area contributed by atoms with Gasteiger partial charge in [0.25, 0.3) is 5.91 Å². The second-order valence-electron chi connectivity index (χ2n) is 3.32.